The van der Waals surface area contributed by atoms with Gasteiger partial charge in [-0.1, -0.05) is 0 Å². The van der Waals surface area contributed by atoms with E-state index in [1.165, 1.54) is 0 Å². The Morgan fingerprint density at radius 1 is 1.50 bits per heavy atom. The second-order valence-electron chi connectivity index (χ2n) is 1.85. The lowest BCUT2D eigenvalue weighted by molar-refractivity contribution is -0.137. The molecule has 0 spiro atoms. The van der Waals surface area contributed by atoms with E-state index in [1.807, 2.05) is 0 Å². The molecule has 4 heteroatoms. The number of carboxylic acids is 1. The zero-order valence-electron chi connectivity index (χ0n) is 5.59. The topological polar surface area (TPSA) is 66.4 Å². The molecule has 0 aromatic rings. The van der Waals surface area contributed by atoms with Crippen molar-refractivity contribution >= 4 is 11.9 Å². The van der Waals surface area contributed by atoms with E-state index in [4.69, 9.17) is 5.11 Å². The molecule has 0 atom stereocenters. The Balaban J connectivity index is 3.06. The maximum atomic E-state index is 10.1. The van der Waals surface area contributed by atoms with Crippen LogP contribution in [-0.4, -0.2) is 23.5 Å². The number of nitrogens with one attached hydrogen (secondary N) is 1. The molecule has 1 amide bonds. The molecular formula is C6H10NO3. The highest BCUT2D eigenvalue weighted by Gasteiger charge is 1.95. The van der Waals surface area contributed by atoms with Crippen molar-refractivity contribution in [2.75, 3.05) is 6.54 Å². The molecule has 0 aromatic carbocycles. The highest BCUT2D eigenvalue weighted by molar-refractivity contribution is 5.79. The lowest BCUT2D eigenvalue weighted by Gasteiger charge is -1.97. The average Bonchev–Trinajstić information content (AvgIpc) is 1.79. The molecule has 0 unspecified atom stereocenters. The van der Waals surface area contributed by atoms with Gasteiger partial charge in [0.1, 0.15) is 0 Å². The van der Waals surface area contributed by atoms with Gasteiger partial charge in [0.15, 0.2) is 0 Å². The maximum absolute atomic E-state index is 10.1. The summed E-state index contributed by atoms with van der Waals surface area (Å²) >= 11 is 0. The Hall–Kier alpha value is -1.06. The minimum Gasteiger partial charge on any atom is -0.481 e. The van der Waals surface area contributed by atoms with Crippen LogP contribution >= 0.6 is 0 Å². The van der Waals surface area contributed by atoms with Gasteiger partial charge < -0.3 is 10.4 Å². The highest BCUT2D eigenvalue weighted by atomic mass is 16.4. The summed E-state index contributed by atoms with van der Waals surface area (Å²) in [5.74, 6) is -1.22. The summed E-state index contributed by atoms with van der Waals surface area (Å²) in [6.07, 6.45) is 0.539. The van der Waals surface area contributed by atoms with Crippen molar-refractivity contribution in [1.29, 1.82) is 0 Å². The molecule has 4 nitrogen and oxygen atoms in total. The number of hydrogen-bond acceptors (Lipinski definition) is 2. The molecule has 0 fully saturated rings. The van der Waals surface area contributed by atoms with Crippen LogP contribution in [0.2, 0.25) is 0 Å². The first-order valence-corrected chi connectivity index (χ1v) is 2.94. The molecule has 0 saturated heterocycles. The summed E-state index contributed by atoms with van der Waals surface area (Å²) in [6.45, 7) is 3.44. The monoisotopic (exact) mass is 144 g/mol. The van der Waals surface area contributed by atoms with Gasteiger partial charge in [0.05, 0.1) is 0 Å². The highest BCUT2D eigenvalue weighted by Crippen LogP contribution is 1.84. The van der Waals surface area contributed by atoms with Crippen LogP contribution in [0.5, 0.6) is 0 Å². The van der Waals surface area contributed by atoms with E-state index in [1.54, 1.807) is 0 Å². The quantitative estimate of drug-likeness (QED) is 0.537. The van der Waals surface area contributed by atoms with Gasteiger partial charge in [-0.3, -0.25) is 9.59 Å². The Morgan fingerprint density at radius 2 is 2.10 bits per heavy atom. The molecule has 0 rings (SSSR count). The van der Waals surface area contributed by atoms with Gasteiger partial charge in [-0.25, -0.2) is 0 Å². The van der Waals surface area contributed by atoms with E-state index in [0.717, 1.165) is 0 Å². The Bertz CT molecular complexity index is 117. The molecule has 1 radical (unpaired) electrons. The van der Waals surface area contributed by atoms with E-state index >= 15 is 0 Å². The van der Waals surface area contributed by atoms with Crippen molar-refractivity contribution in [2.24, 2.45) is 0 Å². The fourth-order valence-corrected chi connectivity index (χ4v) is 0.467. The third-order valence-electron chi connectivity index (χ3n) is 0.890. The summed E-state index contributed by atoms with van der Waals surface area (Å²) in [6, 6.07) is 0. The van der Waals surface area contributed by atoms with Crippen LogP contribution in [0.15, 0.2) is 0 Å². The second-order valence-corrected chi connectivity index (χ2v) is 1.85. The lowest BCUT2D eigenvalue weighted by atomic mass is 10.3. The molecule has 10 heavy (non-hydrogen) atoms. The van der Waals surface area contributed by atoms with Crippen LogP contribution in [0.3, 0.4) is 0 Å². The summed E-state index contributed by atoms with van der Waals surface area (Å²) in [5.41, 5.74) is 0. The van der Waals surface area contributed by atoms with Gasteiger partial charge >= 0.3 is 5.97 Å². The fourth-order valence-electron chi connectivity index (χ4n) is 0.467. The largest absolute Gasteiger partial charge is 0.481 e. The standard InChI is InChI=1S/C6H10NO3/c1-5(8)7-4-2-3-6(9)10/h1-4H2,(H,7,8)(H,9,10). The number of amides is 1. The third kappa shape index (κ3) is 6.94. The van der Waals surface area contributed by atoms with Crippen LogP contribution < -0.4 is 5.32 Å². The minimum absolute atomic E-state index is 0.0836. The smallest absolute Gasteiger partial charge is 0.303 e. The summed E-state index contributed by atoms with van der Waals surface area (Å²) in [5, 5.41) is 10.5. The van der Waals surface area contributed by atoms with Crippen molar-refractivity contribution in [3.8, 4) is 0 Å². The van der Waals surface area contributed by atoms with Crippen molar-refractivity contribution in [3.05, 3.63) is 6.92 Å². The third-order valence-corrected chi connectivity index (χ3v) is 0.890. The Morgan fingerprint density at radius 3 is 2.50 bits per heavy atom. The van der Waals surface area contributed by atoms with Crippen LogP contribution in [0, 0.1) is 6.92 Å². The van der Waals surface area contributed by atoms with E-state index in [2.05, 4.69) is 12.2 Å². The second kappa shape index (κ2) is 4.78. The molecule has 2 N–H and O–H groups in total. The number of carbonyl (C=O) groups is 2. The fraction of sp³-hybridized carbons (Fsp3) is 0.500. The maximum Gasteiger partial charge on any atom is 0.303 e. The van der Waals surface area contributed by atoms with Gasteiger partial charge in [-0.15, -0.1) is 0 Å². The molecule has 0 aliphatic heterocycles. The first-order chi connectivity index (χ1) is 4.63. The first-order valence-electron chi connectivity index (χ1n) is 2.94. The predicted octanol–water partition coefficient (Wildman–Crippen LogP) is -0.199. The van der Waals surface area contributed by atoms with Crippen molar-refractivity contribution in [1.82, 2.24) is 5.32 Å². The van der Waals surface area contributed by atoms with Gasteiger partial charge in [0.2, 0.25) is 5.91 Å². The zero-order chi connectivity index (χ0) is 7.98. The number of carbonyl (C=O) groups excluding carboxylic acids is 1. The van der Waals surface area contributed by atoms with Crippen LogP contribution in [0.4, 0.5) is 0 Å². The first kappa shape index (κ1) is 8.94. The molecule has 57 valence electrons. The minimum atomic E-state index is -0.849. The van der Waals surface area contributed by atoms with E-state index in [9.17, 15) is 9.59 Å². The molecular weight excluding hydrogens is 134 g/mol. The van der Waals surface area contributed by atoms with Crippen LogP contribution in [-0.2, 0) is 9.59 Å². The van der Waals surface area contributed by atoms with Crippen LogP contribution in [0.25, 0.3) is 0 Å². The number of carboxylic acid groups (broad SMARTS) is 1. The Labute approximate surface area is 59.2 Å². The summed E-state index contributed by atoms with van der Waals surface area (Å²) in [4.78, 5) is 20.0. The summed E-state index contributed by atoms with van der Waals surface area (Å²) < 4.78 is 0. The molecule has 0 aliphatic carbocycles. The lowest BCUT2D eigenvalue weighted by Crippen LogP contribution is -2.21. The van der Waals surface area contributed by atoms with E-state index < -0.39 is 5.97 Å². The normalized spacial score (nSPS) is 8.90. The Kier molecular flexibility index (Phi) is 4.28. The van der Waals surface area contributed by atoms with Gasteiger partial charge in [-0.2, -0.15) is 0 Å². The molecule has 0 bridgehead atoms. The van der Waals surface area contributed by atoms with E-state index in [0.29, 0.717) is 13.0 Å². The average molecular weight is 144 g/mol. The van der Waals surface area contributed by atoms with E-state index in [-0.39, 0.29) is 12.3 Å². The van der Waals surface area contributed by atoms with Crippen LogP contribution in [0.1, 0.15) is 12.8 Å². The van der Waals surface area contributed by atoms with Gasteiger partial charge in [0.25, 0.3) is 0 Å². The number of hydrogen-bond donors (Lipinski definition) is 2. The van der Waals surface area contributed by atoms with Crippen molar-refractivity contribution in [3.63, 3.8) is 0 Å². The predicted molar refractivity (Wildman–Crippen MR) is 35.2 cm³/mol. The number of rotatable bonds is 4. The van der Waals surface area contributed by atoms with Gasteiger partial charge in [0, 0.05) is 19.9 Å². The molecule has 0 saturated carbocycles. The van der Waals surface area contributed by atoms with Crippen molar-refractivity contribution < 1.29 is 14.7 Å². The van der Waals surface area contributed by atoms with Gasteiger partial charge in [-0.05, 0) is 6.42 Å². The molecule has 0 aliphatic rings. The zero-order valence-corrected chi connectivity index (χ0v) is 5.59. The number of aliphatic carboxylic acids is 1. The van der Waals surface area contributed by atoms with Crippen molar-refractivity contribution in [2.45, 2.75) is 12.8 Å². The summed E-state index contributed by atoms with van der Waals surface area (Å²) in [7, 11) is 0. The molecule has 0 heterocycles. The SMILES string of the molecule is [CH2]C(=O)NCCCC(=O)O. The molecule has 0 aromatic heterocycles.